The zero-order valence-electron chi connectivity index (χ0n) is 19.3. The Morgan fingerprint density at radius 1 is 0.903 bits per heavy atom. The molecular formula is C27H39ClN2O. The molecule has 1 aliphatic carbocycles. The molecule has 0 radical (unpaired) electrons. The molecule has 0 N–H and O–H groups in total. The van der Waals surface area contributed by atoms with Crippen LogP contribution in [-0.4, -0.2) is 16.6 Å². The fraction of sp³-hybridized carbons (Fsp3) is 0.630. The van der Waals surface area contributed by atoms with Crippen LogP contribution in [0.25, 0.3) is 11.4 Å². The van der Waals surface area contributed by atoms with Crippen molar-refractivity contribution in [2.24, 2.45) is 5.92 Å². The molecule has 0 amide bonds. The minimum absolute atomic E-state index is 0.639. The lowest BCUT2D eigenvalue weighted by atomic mass is 9.90. The van der Waals surface area contributed by atoms with Gasteiger partial charge in [-0.1, -0.05) is 82.7 Å². The van der Waals surface area contributed by atoms with Crippen LogP contribution in [0.3, 0.4) is 0 Å². The number of rotatable bonds is 13. The number of nitrogens with zero attached hydrogens (tertiary/aromatic N) is 2. The van der Waals surface area contributed by atoms with Gasteiger partial charge in [-0.25, -0.2) is 9.97 Å². The molecule has 0 bridgehead atoms. The molecule has 1 heterocycles. The third-order valence-electron chi connectivity index (χ3n) is 6.41. The van der Waals surface area contributed by atoms with Crippen molar-refractivity contribution in [3.8, 4) is 17.1 Å². The van der Waals surface area contributed by atoms with Crippen molar-refractivity contribution < 1.29 is 4.74 Å². The maximum Gasteiger partial charge on any atom is 0.159 e. The molecular weight excluding hydrogens is 404 g/mol. The van der Waals surface area contributed by atoms with E-state index in [0.717, 1.165) is 30.2 Å². The molecule has 170 valence electrons. The van der Waals surface area contributed by atoms with Crippen LogP contribution < -0.4 is 4.74 Å². The molecule has 0 unspecified atom stereocenters. The summed E-state index contributed by atoms with van der Waals surface area (Å²) in [6.07, 6.45) is 22.3. The van der Waals surface area contributed by atoms with Gasteiger partial charge in [0.2, 0.25) is 0 Å². The molecule has 31 heavy (non-hydrogen) atoms. The minimum Gasteiger partial charge on any atom is -0.492 e. The highest BCUT2D eigenvalue weighted by atomic mass is 35.5. The second-order valence-corrected chi connectivity index (χ2v) is 9.51. The number of aromatic nitrogens is 2. The van der Waals surface area contributed by atoms with Gasteiger partial charge in [-0.05, 0) is 55.4 Å². The predicted octanol–water partition coefficient (Wildman–Crippen LogP) is 8.44. The Morgan fingerprint density at radius 2 is 1.58 bits per heavy atom. The molecule has 3 nitrogen and oxygen atoms in total. The van der Waals surface area contributed by atoms with Crippen LogP contribution in [0.2, 0.25) is 5.02 Å². The van der Waals surface area contributed by atoms with Crippen molar-refractivity contribution in [1.29, 1.82) is 0 Å². The Morgan fingerprint density at radius 3 is 2.26 bits per heavy atom. The van der Waals surface area contributed by atoms with E-state index in [9.17, 15) is 0 Å². The fourth-order valence-corrected chi connectivity index (χ4v) is 4.65. The first kappa shape index (κ1) is 24.0. The molecule has 0 saturated heterocycles. The van der Waals surface area contributed by atoms with E-state index in [4.69, 9.17) is 16.3 Å². The monoisotopic (exact) mass is 442 g/mol. The molecule has 1 saturated carbocycles. The maximum absolute atomic E-state index is 6.49. The minimum atomic E-state index is 0.639. The molecule has 1 aromatic heterocycles. The highest BCUT2D eigenvalue weighted by Gasteiger charge is 2.15. The van der Waals surface area contributed by atoms with Gasteiger partial charge in [0.1, 0.15) is 5.75 Å². The predicted molar refractivity (Wildman–Crippen MR) is 131 cm³/mol. The van der Waals surface area contributed by atoms with E-state index >= 15 is 0 Å². The second kappa shape index (κ2) is 13.7. The zero-order valence-corrected chi connectivity index (χ0v) is 20.0. The lowest BCUT2D eigenvalue weighted by Crippen LogP contribution is -2.15. The first-order valence-corrected chi connectivity index (χ1v) is 12.9. The molecule has 1 fully saturated rings. The average molecular weight is 443 g/mol. The average Bonchev–Trinajstić information content (AvgIpc) is 2.81. The van der Waals surface area contributed by atoms with E-state index in [-0.39, 0.29) is 0 Å². The summed E-state index contributed by atoms with van der Waals surface area (Å²) in [5.41, 5.74) is 2.15. The van der Waals surface area contributed by atoms with Crippen LogP contribution >= 0.6 is 11.6 Å². The number of unbranched alkanes of at least 4 members (excludes halogenated alkanes) is 7. The van der Waals surface area contributed by atoms with Gasteiger partial charge in [0, 0.05) is 18.0 Å². The molecule has 0 aliphatic heterocycles. The lowest BCUT2D eigenvalue weighted by Gasteiger charge is -2.22. The van der Waals surface area contributed by atoms with Crippen molar-refractivity contribution in [3.05, 3.63) is 41.2 Å². The molecule has 0 atom stereocenters. The topological polar surface area (TPSA) is 35.0 Å². The first-order valence-electron chi connectivity index (χ1n) is 12.5. The van der Waals surface area contributed by atoms with Crippen molar-refractivity contribution >= 4 is 11.6 Å². The van der Waals surface area contributed by atoms with Gasteiger partial charge in [0.05, 0.1) is 11.6 Å². The van der Waals surface area contributed by atoms with Gasteiger partial charge in [-0.2, -0.15) is 0 Å². The van der Waals surface area contributed by atoms with Gasteiger partial charge in [0.15, 0.2) is 5.82 Å². The normalized spacial score (nSPS) is 14.6. The second-order valence-electron chi connectivity index (χ2n) is 9.10. The van der Waals surface area contributed by atoms with Crippen LogP contribution in [0.1, 0.15) is 96.0 Å². The summed E-state index contributed by atoms with van der Waals surface area (Å²) in [6.45, 7) is 3.03. The summed E-state index contributed by atoms with van der Waals surface area (Å²) in [7, 11) is 0. The van der Waals surface area contributed by atoms with Crippen molar-refractivity contribution in [2.75, 3.05) is 6.61 Å². The molecule has 2 aromatic rings. The number of hydrogen-bond acceptors (Lipinski definition) is 3. The molecule has 1 aliphatic rings. The molecule has 0 spiro atoms. The van der Waals surface area contributed by atoms with Gasteiger partial charge < -0.3 is 4.74 Å². The first-order chi connectivity index (χ1) is 15.3. The summed E-state index contributed by atoms with van der Waals surface area (Å²) in [5, 5.41) is 0.639. The van der Waals surface area contributed by atoms with Crippen LogP contribution in [0.15, 0.2) is 30.6 Å². The van der Waals surface area contributed by atoms with Crippen LogP contribution in [0.5, 0.6) is 5.75 Å². The Labute approximate surface area is 194 Å². The van der Waals surface area contributed by atoms with Gasteiger partial charge >= 0.3 is 0 Å². The number of benzene rings is 1. The Balaban J connectivity index is 1.42. The summed E-state index contributed by atoms with van der Waals surface area (Å²) in [5.74, 6) is 2.16. The third kappa shape index (κ3) is 8.44. The van der Waals surface area contributed by atoms with Gasteiger partial charge in [-0.3, -0.25) is 0 Å². The third-order valence-corrected chi connectivity index (χ3v) is 6.71. The van der Waals surface area contributed by atoms with Crippen LogP contribution in [0, 0.1) is 5.92 Å². The van der Waals surface area contributed by atoms with E-state index in [0.29, 0.717) is 10.9 Å². The lowest BCUT2D eigenvalue weighted by molar-refractivity contribution is 0.209. The zero-order chi connectivity index (χ0) is 21.7. The molecule has 3 rings (SSSR count). The van der Waals surface area contributed by atoms with Gasteiger partial charge in [-0.15, -0.1) is 0 Å². The summed E-state index contributed by atoms with van der Waals surface area (Å²) < 4.78 is 6.00. The number of aryl methyl sites for hydroxylation is 1. The Kier molecular flexibility index (Phi) is 10.6. The van der Waals surface area contributed by atoms with Crippen molar-refractivity contribution in [2.45, 2.75) is 96.8 Å². The SMILES string of the molecule is CCCCCCCCCCc1cnc(-c2ccc(OCC3CCCCC3)c(Cl)c2)nc1. The van der Waals surface area contributed by atoms with Gasteiger partial charge in [0.25, 0.3) is 0 Å². The number of hydrogen-bond donors (Lipinski definition) is 0. The van der Waals surface area contributed by atoms with Crippen LogP contribution in [0.4, 0.5) is 0 Å². The summed E-state index contributed by atoms with van der Waals surface area (Å²) in [4.78, 5) is 9.15. The molecule has 1 aromatic carbocycles. The quantitative estimate of drug-likeness (QED) is 0.292. The Hall–Kier alpha value is -1.61. The summed E-state index contributed by atoms with van der Waals surface area (Å²) >= 11 is 6.49. The number of ether oxygens (including phenoxy) is 1. The smallest absolute Gasteiger partial charge is 0.159 e. The van der Waals surface area contributed by atoms with Crippen LogP contribution in [-0.2, 0) is 6.42 Å². The van der Waals surface area contributed by atoms with Crippen molar-refractivity contribution in [1.82, 2.24) is 9.97 Å². The highest BCUT2D eigenvalue weighted by molar-refractivity contribution is 6.32. The largest absolute Gasteiger partial charge is 0.492 e. The summed E-state index contributed by atoms with van der Waals surface area (Å²) in [6, 6.07) is 5.89. The highest BCUT2D eigenvalue weighted by Crippen LogP contribution is 2.31. The van der Waals surface area contributed by atoms with E-state index in [1.807, 2.05) is 30.6 Å². The van der Waals surface area contributed by atoms with Crippen molar-refractivity contribution in [3.63, 3.8) is 0 Å². The standard InChI is InChI=1S/C27H39ClN2O/c1-2-3-4-5-6-7-8-10-15-23-19-29-27(30-20-23)24-16-17-26(25(28)18-24)31-21-22-13-11-9-12-14-22/h16-20,22H,2-15,21H2,1H3. The van der Waals surface area contributed by atoms with E-state index < -0.39 is 0 Å². The fourth-order valence-electron chi connectivity index (χ4n) is 4.41. The molecule has 4 heteroatoms. The number of halogens is 1. The Bertz CT molecular complexity index is 756. The van der Waals surface area contributed by atoms with E-state index in [1.54, 1.807) is 0 Å². The van der Waals surface area contributed by atoms with E-state index in [1.165, 1.54) is 89.0 Å². The van der Waals surface area contributed by atoms with E-state index in [2.05, 4.69) is 16.9 Å². The maximum atomic E-state index is 6.49.